The highest BCUT2D eigenvalue weighted by Gasteiger charge is 2.19. The normalized spacial score (nSPS) is 20.7. The molecule has 1 unspecified atom stereocenters. The number of aromatic nitrogens is 1. The Balaban J connectivity index is 1.92. The molecule has 1 atom stereocenters. The van der Waals surface area contributed by atoms with E-state index in [1.807, 2.05) is 11.3 Å². The lowest BCUT2D eigenvalue weighted by Gasteiger charge is -2.28. The van der Waals surface area contributed by atoms with Crippen LogP contribution in [-0.2, 0) is 13.0 Å². The molecule has 0 amide bonds. The fraction of sp³-hybridized carbons (Fsp3) is 0.800. The maximum Gasteiger partial charge on any atom is 0.107 e. The molecule has 1 N–H and O–H groups in total. The van der Waals surface area contributed by atoms with E-state index in [1.54, 1.807) is 0 Å². The molecule has 0 bridgehead atoms. The highest BCUT2D eigenvalue weighted by atomic mass is 32.1. The minimum Gasteiger partial charge on any atom is -0.317 e. The van der Waals surface area contributed by atoms with Gasteiger partial charge >= 0.3 is 0 Å². The predicted molar refractivity (Wildman–Crippen MR) is 82.7 cm³/mol. The molecular formula is C15H27N3S. The van der Waals surface area contributed by atoms with Crippen LogP contribution in [0.1, 0.15) is 50.2 Å². The minimum atomic E-state index is 0.735. The Hall–Kier alpha value is -0.450. The van der Waals surface area contributed by atoms with Crippen molar-refractivity contribution >= 4 is 11.3 Å². The monoisotopic (exact) mass is 281 g/mol. The van der Waals surface area contributed by atoms with Crippen LogP contribution in [0.5, 0.6) is 0 Å². The number of hydrogen-bond donors (Lipinski definition) is 1. The molecular weight excluding hydrogens is 254 g/mol. The number of nitrogens with zero attached hydrogens (tertiary/aromatic N) is 2. The molecule has 19 heavy (non-hydrogen) atoms. The van der Waals surface area contributed by atoms with E-state index < -0.39 is 0 Å². The van der Waals surface area contributed by atoms with Crippen molar-refractivity contribution in [1.29, 1.82) is 0 Å². The molecule has 0 radical (unpaired) electrons. The van der Waals surface area contributed by atoms with Crippen molar-refractivity contribution in [2.24, 2.45) is 0 Å². The van der Waals surface area contributed by atoms with Crippen LogP contribution < -0.4 is 5.32 Å². The third kappa shape index (κ3) is 4.55. The van der Waals surface area contributed by atoms with Crippen LogP contribution in [0.25, 0.3) is 0 Å². The van der Waals surface area contributed by atoms with Gasteiger partial charge in [0.15, 0.2) is 0 Å². The molecule has 2 rings (SSSR count). The van der Waals surface area contributed by atoms with Crippen LogP contribution in [-0.4, -0.2) is 35.6 Å². The van der Waals surface area contributed by atoms with Crippen LogP contribution >= 0.6 is 11.3 Å². The molecule has 1 aromatic rings. The van der Waals surface area contributed by atoms with Crippen molar-refractivity contribution < 1.29 is 0 Å². The van der Waals surface area contributed by atoms with E-state index in [1.165, 1.54) is 49.5 Å². The van der Waals surface area contributed by atoms with Gasteiger partial charge in [-0.2, -0.15) is 0 Å². The van der Waals surface area contributed by atoms with Gasteiger partial charge in [0.2, 0.25) is 0 Å². The molecule has 3 nitrogen and oxygen atoms in total. The van der Waals surface area contributed by atoms with Crippen LogP contribution in [0.3, 0.4) is 0 Å². The summed E-state index contributed by atoms with van der Waals surface area (Å²) in [6.45, 7) is 9.02. The second-order valence-electron chi connectivity index (χ2n) is 5.38. The summed E-state index contributed by atoms with van der Waals surface area (Å²) in [6, 6.07) is 0.735. The highest BCUT2D eigenvalue weighted by Crippen LogP contribution is 2.19. The standard InChI is InChI=1S/C15H27N3S/c1-3-6-13-12-19-15(17-13)11-18(4-2)14-7-5-9-16-10-8-14/h12,14,16H,3-11H2,1-2H3. The molecule has 1 fully saturated rings. The fourth-order valence-corrected chi connectivity index (χ4v) is 3.68. The summed E-state index contributed by atoms with van der Waals surface area (Å²) in [7, 11) is 0. The smallest absolute Gasteiger partial charge is 0.107 e. The summed E-state index contributed by atoms with van der Waals surface area (Å²) in [4.78, 5) is 7.38. The number of thiazole rings is 1. The van der Waals surface area contributed by atoms with Crippen LogP contribution in [0.4, 0.5) is 0 Å². The van der Waals surface area contributed by atoms with Gasteiger partial charge in [0, 0.05) is 11.4 Å². The lowest BCUT2D eigenvalue weighted by molar-refractivity contribution is 0.182. The van der Waals surface area contributed by atoms with Crippen LogP contribution in [0.2, 0.25) is 0 Å². The van der Waals surface area contributed by atoms with Gasteiger partial charge in [0.05, 0.1) is 12.2 Å². The van der Waals surface area contributed by atoms with E-state index in [-0.39, 0.29) is 0 Å². The highest BCUT2D eigenvalue weighted by molar-refractivity contribution is 7.09. The molecule has 1 aliphatic heterocycles. The molecule has 108 valence electrons. The number of rotatable bonds is 6. The Kier molecular flexibility index (Phi) is 6.28. The zero-order valence-electron chi connectivity index (χ0n) is 12.3. The predicted octanol–water partition coefficient (Wildman–Crippen LogP) is 3.06. The minimum absolute atomic E-state index is 0.735. The molecule has 1 aliphatic rings. The Morgan fingerprint density at radius 2 is 2.26 bits per heavy atom. The molecule has 0 aliphatic carbocycles. The van der Waals surface area contributed by atoms with E-state index in [9.17, 15) is 0 Å². The second-order valence-corrected chi connectivity index (χ2v) is 6.32. The molecule has 2 heterocycles. The van der Waals surface area contributed by atoms with E-state index in [0.29, 0.717) is 0 Å². The number of nitrogens with one attached hydrogen (secondary N) is 1. The van der Waals surface area contributed by atoms with Crippen LogP contribution in [0, 0.1) is 0 Å². The van der Waals surface area contributed by atoms with Gasteiger partial charge < -0.3 is 5.32 Å². The molecule has 0 saturated carbocycles. The molecule has 0 aromatic carbocycles. The van der Waals surface area contributed by atoms with Gasteiger partial charge in [-0.1, -0.05) is 20.3 Å². The first-order valence-corrected chi connectivity index (χ1v) is 8.59. The van der Waals surface area contributed by atoms with Crippen molar-refractivity contribution in [2.45, 2.75) is 58.5 Å². The van der Waals surface area contributed by atoms with Gasteiger partial charge in [-0.25, -0.2) is 4.98 Å². The summed E-state index contributed by atoms with van der Waals surface area (Å²) in [6.07, 6.45) is 6.22. The van der Waals surface area contributed by atoms with Gasteiger partial charge in [0.25, 0.3) is 0 Å². The zero-order valence-corrected chi connectivity index (χ0v) is 13.1. The van der Waals surface area contributed by atoms with Crippen LogP contribution in [0.15, 0.2) is 5.38 Å². The molecule has 1 aromatic heterocycles. The van der Waals surface area contributed by atoms with E-state index in [4.69, 9.17) is 4.98 Å². The summed E-state index contributed by atoms with van der Waals surface area (Å²) < 4.78 is 0. The van der Waals surface area contributed by atoms with Gasteiger partial charge in [0.1, 0.15) is 5.01 Å². The topological polar surface area (TPSA) is 28.2 Å². The van der Waals surface area contributed by atoms with E-state index >= 15 is 0 Å². The molecule has 0 spiro atoms. The van der Waals surface area contributed by atoms with Crippen molar-refractivity contribution in [3.8, 4) is 0 Å². The van der Waals surface area contributed by atoms with E-state index in [2.05, 4.69) is 29.4 Å². The summed E-state index contributed by atoms with van der Waals surface area (Å²) in [5.74, 6) is 0. The number of hydrogen-bond acceptors (Lipinski definition) is 4. The zero-order chi connectivity index (χ0) is 13.5. The largest absolute Gasteiger partial charge is 0.317 e. The second kappa shape index (κ2) is 7.98. The van der Waals surface area contributed by atoms with Crippen molar-refractivity contribution in [1.82, 2.24) is 15.2 Å². The Morgan fingerprint density at radius 1 is 1.37 bits per heavy atom. The van der Waals surface area contributed by atoms with Crippen molar-refractivity contribution in [3.63, 3.8) is 0 Å². The quantitative estimate of drug-likeness (QED) is 0.868. The Morgan fingerprint density at radius 3 is 3.05 bits per heavy atom. The molecule has 4 heteroatoms. The SMILES string of the molecule is CCCc1csc(CN(CC)C2CCCNCC2)n1. The molecule has 1 saturated heterocycles. The lowest BCUT2D eigenvalue weighted by Crippen LogP contribution is -2.35. The van der Waals surface area contributed by atoms with Crippen molar-refractivity contribution in [3.05, 3.63) is 16.1 Å². The lowest BCUT2D eigenvalue weighted by atomic mass is 10.1. The Bertz CT molecular complexity index is 356. The third-order valence-electron chi connectivity index (χ3n) is 3.91. The van der Waals surface area contributed by atoms with Crippen molar-refractivity contribution in [2.75, 3.05) is 19.6 Å². The first-order valence-electron chi connectivity index (χ1n) is 7.71. The summed E-state index contributed by atoms with van der Waals surface area (Å²) >= 11 is 1.83. The van der Waals surface area contributed by atoms with Gasteiger partial charge in [-0.05, 0) is 45.3 Å². The average Bonchev–Trinajstić information content (AvgIpc) is 2.69. The van der Waals surface area contributed by atoms with E-state index in [0.717, 1.165) is 25.6 Å². The average molecular weight is 281 g/mol. The fourth-order valence-electron chi connectivity index (χ4n) is 2.83. The first kappa shape index (κ1) is 14.9. The first-order chi connectivity index (χ1) is 9.33. The maximum atomic E-state index is 4.77. The van der Waals surface area contributed by atoms with Gasteiger partial charge in [-0.3, -0.25) is 4.90 Å². The third-order valence-corrected chi connectivity index (χ3v) is 4.79. The Labute approximate surface area is 121 Å². The maximum absolute atomic E-state index is 4.77. The summed E-state index contributed by atoms with van der Waals surface area (Å²) in [5.41, 5.74) is 1.28. The number of aryl methyl sites for hydroxylation is 1. The summed E-state index contributed by atoms with van der Waals surface area (Å²) in [5, 5.41) is 7.03. The van der Waals surface area contributed by atoms with Gasteiger partial charge in [-0.15, -0.1) is 11.3 Å².